The summed E-state index contributed by atoms with van der Waals surface area (Å²) in [4.78, 5) is 15.5. The summed E-state index contributed by atoms with van der Waals surface area (Å²) in [6.45, 7) is 8.27. The Labute approximate surface area is 197 Å². The summed E-state index contributed by atoms with van der Waals surface area (Å²) >= 11 is 0. The molecule has 1 aliphatic rings. The third-order valence-corrected chi connectivity index (χ3v) is 6.39. The predicted octanol–water partition coefficient (Wildman–Crippen LogP) is 6.09. The fraction of sp³-hybridized carbons (Fsp3) is 0.429. The molecule has 174 valence electrons. The maximum Gasteiger partial charge on any atom is 0.272 e. The first-order valence-electron chi connectivity index (χ1n) is 12.0. The Morgan fingerprint density at radius 2 is 1.76 bits per heavy atom. The zero-order valence-electron chi connectivity index (χ0n) is 20.3. The number of rotatable bonds is 9. The first-order valence-corrected chi connectivity index (χ1v) is 12.0. The fourth-order valence-electron chi connectivity index (χ4n) is 4.76. The lowest BCUT2D eigenvalue weighted by Crippen LogP contribution is -2.42. The van der Waals surface area contributed by atoms with Crippen LogP contribution in [0, 0.1) is 13.8 Å². The molecule has 3 aromatic rings. The zero-order valence-corrected chi connectivity index (χ0v) is 20.3. The molecule has 0 saturated carbocycles. The number of ether oxygens (including phenoxy) is 1. The van der Waals surface area contributed by atoms with Gasteiger partial charge in [0.1, 0.15) is 5.69 Å². The highest BCUT2D eigenvalue weighted by molar-refractivity contribution is 5.94. The minimum atomic E-state index is 0.0578. The molecule has 0 spiro atoms. The van der Waals surface area contributed by atoms with Crippen molar-refractivity contribution in [3.05, 3.63) is 76.5 Å². The summed E-state index contributed by atoms with van der Waals surface area (Å²) in [5, 5.41) is 4.91. The summed E-state index contributed by atoms with van der Waals surface area (Å²) in [6.07, 6.45) is 4.55. The summed E-state index contributed by atoms with van der Waals surface area (Å²) in [5.41, 5.74) is 7.32. The van der Waals surface area contributed by atoms with Gasteiger partial charge in [0.2, 0.25) is 0 Å². The minimum absolute atomic E-state index is 0.0578. The molecule has 5 heteroatoms. The van der Waals surface area contributed by atoms with E-state index in [0.29, 0.717) is 25.4 Å². The van der Waals surface area contributed by atoms with Crippen LogP contribution in [-0.4, -0.2) is 34.2 Å². The largest absolute Gasteiger partial charge is 0.380 e. The zero-order chi connectivity index (χ0) is 23.4. The van der Waals surface area contributed by atoms with Crippen molar-refractivity contribution in [2.24, 2.45) is 0 Å². The van der Waals surface area contributed by atoms with E-state index in [9.17, 15) is 4.79 Å². The monoisotopic (exact) mass is 445 g/mol. The maximum atomic E-state index is 13.5. The molecule has 0 N–H and O–H groups in total. The van der Waals surface area contributed by atoms with Crippen LogP contribution in [0.4, 0.5) is 0 Å². The number of hydrogen-bond donors (Lipinski definition) is 0. The molecule has 1 amide bonds. The number of nitrogens with zero attached hydrogens (tertiary/aromatic N) is 3. The minimum Gasteiger partial charge on any atom is -0.380 e. The molecule has 0 bridgehead atoms. The van der Waals surface area contributed by atoms with Crippen molar-refractivity contribution in [3.8, 4) is 11.3 Å². The molecule has 0 radical (unpaired) electrons. The van der Waals surface area contributed by atoms with Crippen LogP contribution >= 0.6 is 0 Å². The summed E-state index contributed by atoms with van der Waals surface area (Å²) in [5.74, 6) is 0.0578. The number of benzene rings is 2. The Hall–Kier alpha value is -2.92. The first kappa shape index (κ1) is 23.2. The highest BCUT2D eigenvalue weighted by Gasteiger charge is 2.33. The molecule has 1 atom stereocenters. The Morgan fingerprint density at radius 3 is 2.48 bits per heavy atom. The van der Waals surface area contributed by atoms with Crippen molar-refractivity contribution in [1.29, 1.82) is 0 Å². The molecule has 0 fully saturated rings. The molecule has 4 rings (SSSR count). The fourth-order valence-corrected chi connectivity index (χ4v) is 4.76. The van der Waals surface area contributed by atoms with Crippen LogP contribution < -0.4 is 0 Å². The molecular weight excluding hydrogens is 410 g/mol. The van der Waals surface area contributed by atoms with E-state index in [-0.39, 0.29) is 11.9 Å². The van der Waals surface area contributed by atoms with Crippen LogP contribution in [0.2, 0.25) is 0 Å². The van der Waals surface area contributed by atoms with E-state index in [1.165, 1.54) is 24.0 Å². The summed E-state index contributed by atoms with van der Waals surface area (Å²) in [7, 11) is 1.71. The van der Waals surface area contributed by atoms with Crippen molar-refractivity contribution in [2.45, 2.75) is 65.6 Å². The molecule has 5 nitrogen and oxygen atoms in total. The van der Waals surface area contributed by atoms with E-state index in [0.717, 1.165) is 35.2 Å². The number of hydrogen-bond acceptors (Lipinski definition) is 3. The molecule has 2 heterocycles. The van der Waals surface area contributed by atoms with Crippen LogP contribution in [0.3, 0.4) is 0 Å². The van der Waals surface area contributed by atoms with Crippen LogP contribution in [0.15, 0.2) is 48.5 Å². The van der Waals surface area contributed by atoms with Crippen LogP contribution in [0.1, 0.15) is 71.4 Å². The Bertz CT molecular complexity index is 1100. The molecule has 1 aromatic heterocycles. The third-order valence-electron chi connectivity index (χ3n) is 6.39. The van der Waals surface area contributed by atoms with Crippen molar-refractivity contribution >= 4 is 5.91 Å². The highest BCUT2D eigenvalue weighted by atomic mass is 16.5. The van der Waals surface area contributed by atoms with Gasteiger partial charge in [0.15, 0.2) is 0 Å². The van der Waals surface area contributed by atoms with E-state index in [2.05, 4.69) is 63.2 Å². The molecule has 0 aliphatic carbocycles. The number of fused-ring (bicyclic) bond motifs is 1. The van der Waals surface area contributed by atoms with Crippen molar-refractivity contribution in [3.63, 3.8) is 0 Å². The second kappa shape index (κ2) is 10.3. The first-order chi connectivity index (χ1) is 16.0. The second-order valence-electron chi connectivity index (χ2n) is 9.32. The third kappa shape index (κ3) is 5.36. The van der Waals surface area contributed by atoms with E-state index < -0.39 is 0 Å². The highest BCUT2D eigenvalue weighted by Crippen LogP contribution is 2.30. The molecular formula is C28H35N3O2. The summed E-state index contributed by atoms with van der Waals surface area (Å²) in [6, 6.07) is 17.0. The van der Waals surface area contributed by atoms with Gasteiger partial charge in [-0.25, -0.2) is 0 Å². The predicted molar refractivity (Wildman–Crippen MR) is 132 cm³/mol. The Kier molecular flexibility index (Phi) is 7.29. The molecule has 0 saturated heterocycles. The van der Waals surface area contributed by atoms with Gasteiger partial charge in [0, 0.05) is 25.8 Å². The Morgan fingerprint density at radius 1 is 1.00 bits per heavy atom. The van der Waals surface area contributed by atoms with Crippen molar-refractivity contribution in [2.75, 3.05) is 13.7 Å². The van der Waals surface area contributed by atoms with Crippen molar-refractivity contribution < 1.29 is 9.53 Å². The van der Waals surface area contributed by atoms with Crippen LogP contribution in [0.25, 0.3) is 11.3 Å². The number of carbonyl (C=O) groups is 1. The molecule has 1 aliphatic heterocycles. The van der Waals surface area contributed by atoms with E-state index in [4.69, 9.17) is 9.84 Å². The summed E-state index contributed by atoms with van der Waals surface area (Å²) < 4.78 is 7.32. The number of methoxy groups -OCH3 is 1. The molecule has 33 heavy (non-hydrogen) atoms. The average molecular weight is 446 g/mol. The second-order valence-corrected chi connectivity index (χ2v) is 9.32. The van der Waals surface area contributed by atoms with Crippen LogP contribution in [-0.2, 0) is 17.9 Å². The van der Waals surface area contributed by atoms with E-state index >= 15 is 0 Å². The topological polar surface area (TPSA) is 47.4 Å². The number of unbranched alkanes of at least 4 members (excludes halogenated alkanes) is 2. The molecule has 2 aromatic carbocycles. The quantitative estimate of drug-likeness (QED) is 0.374. The number of amides is 1. The SMILES string of the molecule is CCCCCC1CN(Cc2cc(C)cc(COC)c2)C(=O)c2cc(-c3ccc(C)cc3)nn21. The van der Waals surface area contributed by atoms with Crippen molar-refractivity contribution in [1.82, 2.24) is 14.7 Å². The lowest BCUT2D eigenvalue weighted by Gasteiger charge is -2.34. The smallest absolute Gasteiger partial charge is 0.272 e. The molecule has 1 unspecified atom stereocenters. The van der Waals surface area contributed by atoms with Gasteiger partial charge in [0.05, 0.1) is 18.3 Å². The van der Waals surface area contributed by atoms with Gasteiger partial charge in [-0.3, -0.25) is 9.48 Å². The standard InChI is InChI=1S/C28H35N3O2/c1-5-6-7-8-25-18-30(17-22-13-21(3)14-23(15-22)19-33-4)28(32)27-16-26(29-31(25)27)24-11-9-20(2)10-12-24/h9-16,25H,5-8,17-19H2,1-4H3. The van der Waals surface area contributed by atoms with E-state index in [1.54, 1.807) is 7.11 Å². The van der Waals surface area contributed by atoms with Gasteiger partial charge in [-0.1, -0.05) is 79.8 Å². The average Bonchev–Trinajstić information content (AvgIpc) is 3.23. The number of aromatic nitrogens is 2. The van der Waals surface area contributed by atoms with Gasteiger partial charge >= 0.3 is 0 Å². The van der Waals surface area contributed by atoms with Gasteiger partial charge in [-0.15, -0.1) is 0 Å². The number of aryl methyl sites for hydroxylation is 2. The van der Waals surface area contributed by atoms with E-state index in [1.807, 2.05) is 15.6 Å². The normalized spacial score (nSPS) is 15.7. The number of carbonyl (C=O) groups excluding carboxylic acids is 1. The lowest BCUT2D eigenvalue weighted by molar-refractivity contribution is 0.0634. The van der Waals surface area contributed by atoms with Crippen LogP contribution in [0.5, 0.6) is 0 Å². The van der Waals surface area contributed by atoms with Gasteiger partial charge < -0.3 is 9.64 Å². The van der Waals surface area contributed by atoms with Gasteiger partial charge in [-0.05, 0) is 37.5 Å². The maximum absolute atomic E-state index is 13.5. The Balaban J connectivity index is 1.64. The van der Waals surface area contributed by atoms with Gasteiger partial charge in [-0.2, -0.15) is 5.10 Å². The van der Waals surface area contributed by atoms with Gasteiger partial charge in [0.25, 0.3) is 5.91 Å². The lowest BCUT2D eigenvalue weighted by atomic mass is 10.0.